The zero-order valence-corrected chi connectivity index (χ0v) is 24.5. The number of rotatable bonds is 10. The van der Waals surface area contributed by atoms with Crippen molar-refractivity contribution in [3.05, 3.63) is 96.0 Å². The molecule has 2 aromatic carbocycles. The van der Waals surface area contributed by atoms with E-state index < -0.39 is 11.9 Å². The number of methoxy groups -OCH3 is 1. The number of alkyl halides is 3. The predicted molar refractivity (Wildman–Crippen MR) is 159 cm³/mol. The van der Waals surface area contributed by atoms with Gasteiger partial charge >= 0.3 is 6.18 Å². The minimum absolute atomic E-state index is 0.193. The molecule has 9 nitrogen and oxygen atoms in total. The van der Waals surface area contributed by atoms with E-state index in [2.05, 4.69) is 24.9 Å². The van der Waals surface area contributed by atoms with Crippen molar-refractivity contribution >= 4 is 5.95 Å². The Balaban J connectivity index is 1.34. The second kappa shape index (κ2) is 12.0. The zero-order chi connectivity index (χ0) is 30.8. The summed E-state index contributed by atoms with van der Waals surface area (Å²) < 4.78 is 47.4. The summed E-state index contributed by atoms with van der Waals surface area (Å²) in [6.07, 6.45) is 1.60. The molecule has 0 spiro atoms. The highest BCUT2D eigenvalue weighted by atomic mass is 19.4. The Morgan fingerprint density at radius 1 is 0.886 bits per heavy atom. The molecule has 44 heavy (non-hydrogen) atoms. The van der Waals surface area contributed by atoms with Crippen LogP contribution in [0.15, 0.2) is 73.4 Å². The highest BCUT2D eigenvalue weighted by molar-refractivity contribution is 5.66. The Kier molecular flexibility index (Phi) is 7.98. The maximum Gasteiger partial charge on any atom is 0.434 e. The van der Waals surface area contributed by atoms with Crippen LogP contribution in [-0.4, -0.2) is 41.6 Å². The predicted octanol–water partition coefficient (Wildman–Crippen LogP) is 6.88. The van der Waals surface area contributed by atoms with Crippen LogP contribution in [0.2, 0.25) is 0 Å². The van der Waals surface area contributed by atoms with E-state index in [1.807, 2.05) is 61.2 Å². The molecule has 0 amide bonds. The second-order valence-electron chi connectivity index (χ2n) is 11.0. The third-order valence-corrected chi connectivity index (χ3v) is 7.45. The van der Waals surface area contributed by atoms with Gasteiger partial charge in [-0.15, -0.1) is 0 Å². The van der Waals surface area contributed by atoms with Crippen molar-refractivity contribution in [2.75, 3.05) is 12.0 Å². The van der Waals surface area contributed by atoms with E-state index in [0.29, 0.717) is 47.8 Å². The maximum atomic E-state index is 13.4. The molecule has 226 valence electrons. The third kappa shape index (κ3) is 6.24. The van der Waals surface area contributed by atoms with Crippen LogP contribution in [0.5, 0.6) is 5.88 Å². The summed E-state index contributed by atoms with van der Waals surface area (Å²) in [5, 5.41) is 0. The molecule has 0 unspecified atom stereocenters. The largest absolute Gasteiger partial charge is 0.480 e. The highest BCUT2D eigenvalue weighted by Gasteiger charge is 2.35. The molecule has 6 rings (SSSR count). The first-order valence-corrected chi connectivity index (χ1v) is 14.3. The molecular weight excluding hydrogens is 569 g/mol. The molecular formula is C32H31F3N8O. The smallest absolute Gasteiger partial charge is 0.434 e. The number of nitrogens with zero attached hydrogens (tertiary/aromatic N) is 8. The van der Waals surface area contributed by atoms with Crippen LogP contribution in [-0.2, 0) is 19.3 Å². The lowest BCUT2D eigenvalue weighted by Gasteiger charge is -2.23. The number of anilines is 1. The Labute approximate surface area is 252 Å². The van der Waals surface area contributed by atoms with Crippen LogP contribution >= 0.6 is 0 Å². The number of hydrogen-bond acceptors (Lipinski definition) is 8. The lowest BCUT2D eigenvalue weighted by atomic mass is 10.1. The van der Waals surface area contributed by atoms with E-state index in [9.17, 15) is 13.2 Å². The molecule has 0 saturated heterocycles. The number of imidazole rings is 1. The summed E-state index contributed by atoms with van der Waals surface area (Å²) in [6, 6.07) is 17.1. The van der Waals surface area contributed by atoms with E-state index >= 15 is 0 Å². The third-order valence-electron chi connectivity index (χ3n) is 7.45. The summed E-state index contributed by atoms with van der Waals surface area (Å²) in [4.78, 5) is 28.6. The van der Waals surface area contributed by atoms with Gasteiger partial charge in [0.15, 0.2) is 11.5 Å². The molecule has 12 heteroatoms. The average Bonchev–Trinajstić information content (AvgIpc) is 3.77. The van der Waals surface area contributed by atoms with E-state index in [4.69, 9.17) is 9.72 Å². The topological polar surface area (TPSA) is 94.7 Å². The van der Waals surface area contributed by atoms with Gasteiger partial charge in [-0.1, -0.05) is 54.6 Å². The highest BCUT2D eigenvalue weighted by Crippen LogP contribution is 2.45. The SMILES string of the molecule is COc1ncnc(C2CC2)c1-c1ncnc(N(Cc2ccccc2)Cc2ccc(-c3nc(C(F)(F)F)cn3C(C)C)cc2)n1. The molecule has 0 radical (unpaired) electrons. The second-order valence-corrected chi connectivity index (χ2v) is 11.0. The van der Waals surface area contributed by atoms with Gasteiger partial charge in [0.25, 0.3) is 0 Å². The maximum absolute atomic E-state index is 13.4. The molecule has 1 aliphatic rings. The van der Waals surface area contributed by atoms with Crippen LogP contribution in [0, 0.1) is 0 Å². The molecule has 0 bridgehead atoms. The Morgan fingerprint density at radius 2 is 1.57 bits per heavy atom. The van der Waals surface area contributed by atoms with Gasteiger partial charge in [-0.05, 0) is 37.8 Å². The first-order valence-electron chi connectivity index (χ1n) is 14.3. The number of halogens is 3. The van der Waals surface area contributed by atoms with Crippen molar-refractivity contribution in [2.45, 2.75) is 57.9 Å². The van der Waals surface area contributed by atoms with Crippen LogP contribution in [0.25, 0.3) is 22.8 Å². The number of aromatic nitrogens is 7. The van der Waals surface area contributed by atoms with Gasteiger partial charge < -0.3 is 14.2 Å². The van der Waals surface area contributed by atoms with E-state index in [1.54, 1.807) is 23.8 Å². The molecule has 1 saturated carbocycles. The van der Waals surface area contributed by atoms with Gasteiger partial charge in [-0.25, -0.2) is 24.9 Å². The van der Waals surface area contributed by atoms with Gasteiger partial charge in [-0.2, -0.15) is 18.2 Å². The van der Waals surface area contributed by atoms with E-state index in [-0.39, 0.29) is 11.9 Å². The quantitative estimate of drug-likeness (QED) is 0.171. The van der Waals surface area contributed by atoms with Crippen LogP contribution < -0.4 is 9.64 Å². The molecule has 0 atom stereocenters. The Hall–Kier alpha value is -4.87. The van der Waals surface area contributed by atoms with Crippen LogP contribution in [0.4, 0.5) is 19.1 Å². The molecule has 1 fully saturated rings. The van der Waals surface area contributed by atoms with Gasteiger partial charge in [0.2, 0.25) is 11.8 Å². The molecule has 0 N–H and O–H groups in total. The molecule has 0 aliphatic heterocycles. The molecule has 5 aromatic rings. The standard InChI is InChI=1S/C32H31F3N8O/c1-20(2)43-17-25(32(33,34)35)40-29(43)24-11-9-22(10-12-24)16-42(15-21-7-5-4-6-8-21)31-39-19-37-28(41-31)26-27(23-13-14-23)36-18-38-30(26)44-3/h4-12,17-20,23H,13-16H2,1-3H3. The lowest BCUT2D eigenvalue weighted by Crippen LogP contribution is -2.24. The van der Waals surface area contributed by atoms with Gasteiger partial charge in [0, 0.05) is 36.8 Å². The van der Waals surface area contributed by atoms with Crippen molar-refractivity contribution in [1.82, 2.24) is 34.5 Å². The fourth-order valence-corrected chi connectivity index (χ4v) is 5.09. The summed E-state index contributed by atoms with van der Waals surface area (Å²) in [6.45, 7) is 4.60. The van der Waals surface area contributed by atoms with Crippen molar-refractivity contribution in [3.8, 4) is 28.7 Å². The summed E-state index contributed by atoms with van der Waals surface area (Å²) in [5.41, 5.74) is 3.21. The van der Waals surface area contributed by atoms with E-state index in [1.165, 1.54) is 12.7 Å². The van der Waals surface area contributed by atoms with Crippen molar-refractivity contribution in [3.63, 3.8) is 0 Å². The first kappa shape index (κ1) is 29.2. The summed E-state index contributed by atoms with van der Waals surface area (Å²) in [7, 11) is 1.56. The average molecular weight is 601 g/mol. The lowest BCUT2D eigenvalue weighted by molar-refractivity contribution is -0.140. The molecule has 3 aromatic heterocycles. The number of hydrogen-bond donors (Lipinski definition) is 0. The van der Waals surface area contributed by atoms with Crippen molar-refractivity contribution in [2.24, 2.45) is 0 Å². The summed E-state index contributed by atoms with van der Waals surface area (Å²) in [5.74, 6) is 1.90. The van der Waals surface area contributed by atoms with Gasteiger partial charge in [0.1, 0.15) is 24.0 Å². The monoisotopic (exact) mass is 600 g/mol. The first-order chi connectivity index (χ1) is 21.2. The fraction of sp³-hybridized carbons (Fsp3) is 0.312. The van der Waals surface area contributed by atoms with Crippen LogP contribution in [0.1, 0.15) is 61.2 Å². The molecule has 3 heterocycles. The van der Waals surface area contributed by atoms with Crippen LogP contribution in [0.3, 0.4) is 0 Å². The zero-order valence-electron chi connectivity index (χ0n) is 24.5. The fourth-order valence-electron chi connectivity index (χ4n) is 5.09. The van der Waals surface area contributed by atoms with Crippen molar-refractivity contribution in [1.29, 1.82) is 0 Å². The minimum atomic E-state index is -4.52. The van der Waals surface area contributed by atoms with Gasteiger partial charge in [-0.3, -0.25) is 0 Å². The normalized spacial score (nSPS) is 13.3. The van der Waals surface area contributed by atoms with E-state index in [0.717, 1.165) is 35.9 Å². The van der Waals surface area contributed by atoms with Gasteiger partial charge in [0.05, 0.1) is 12.8 Å². The minimum Gasteiger partial charge on any atom is -0.480 e. The van der Waals surface area contributed by atoms with Crippen molar-refractivity contribution < 1.29 is 17.9 Å². The number of benzene rings is 2. The Bertz CT molecular complexity index is 1740. The summed E-state index contributed by atoms with van der Waals surface area (Å²) >= 11 is 0. The molecule has 1 aliphatic carbocycles. The Morgan fingerprint density at radius 3 is 2.20 bits per heavy atom. The number of ether oxygens (including phenoxy) is 1.